The van der Waals surface area contributed by atoms with Crippen LogP contribution >= 0.6 is 0 Å². The zero-order chi connectivity index (χ0) is 16.4. The predicted octanol–water partition coefficient (Wildman–Crippen LogP) is 3.12. The molecule has 0 unspecified atom stereocenters. The SMILES string of the molecule is O=C1c2cc(COc3ccccc3)nn2CCN1c1ccccc1. The molecule has 5 nitrogen and oxygen atoms in total. The highest BCUT2D eigenvalue weighted by atomic mass is 16.5. The molecule has 0 fully saturated rings. The number of carbonyl (C=O) groups excluding carboxylic acids is 1. The van der Waals surface area contributed by atoms with Crippen molar-refractivity contribution in [3.05, 3.63) is 78.1 Å². The molecule has 120 valence electrons. The highest BCUT2D eigenvalue weighted by molar-refractivity contribution is 6.05. The number of hydrogen-bond donors (Lipinski definition) is 0. The molecule has 0 saturated carbocycles. The average Bonchev–Trinajstić information content (AvgIpc) is 3.06. The molecular weight excluding hydrogens is 302 g/mol. The standard InChI is InChI=1S/C19H17N3O2/c23-19-18-13-15(14-24-17-9-5-2-6-10-17)20-22(18)12-11-21(19)16-7-3-1-4-8-16/h1-10,13H,11-12,14H2. The highest BCUT2D eigenvalue weighted by Gasteiger charge is 2.27. The number of para-hydroxylation sites is 2. The fourth-order valence-electron chi connectivity index (χ4n) is 2.85. The number of hydrogen-bond acceptors (Lipinski definition) is 3. The van der Waals surface area contributed by atoms with Gasteiger partial charge < -0.3 is 9.64 Å². The minimum atomic E-state index is -0.0223. The van der Waals surface area contributed by atoms with Crippen molar-refractivity contribution in [2.24, 2.45) is 0 Å². The van der Waals surface area contributed by atoms with Gasteiger partial charge in [-0.05, 0) is 30.3 Å². The van der Waals surface area contributed by atoms with E-state index in [1.165, 1.54) is 0 Å². The lowest BCUT2D eigenvalue weighted by atomic mass is 10.2. The molecule has 0 radical (unpaired) electrons. The third-order valence-electron chi connectivity index (χ3n) is 4.03. The third kappa shape index (κ3) is 2.76. The van der Waals surface area contributed by atoms with Crippen LogP contribution in [0.4, 0.5) is 5.69 Å². The van der Waals surface area contributed by atoms with Crippen molar-refractivity contribution in [2.45, 2.75) is 13.2 Å². The predicted molar refractivity (Wildman–Crippen MR) is 91.1 cm³/mol. The number of rotatable bonds is 4. The Bertz CT molecular complexity index is 844. The summed E-state index contributed by atoms with van der Waals surface area (Å²) >= 11 is 0. The van der Waals surface area contributed by atoms with Gasteiger partial charge in [-0.2, -0.15) is 5.10 Å². The monoisotopic (exact) mass is 319 g/mol. The van der Waals surface area contributed by atoms with E-state index in [2.05, 4.69) is 5.10 Å². The molecule has 0 atom stereocenters. The van der Waals surface area contributed by atoms with Crippen LogP contribution in [0, 0.1) is 0 Å². The van der Waals surface area contributed by atoms with E-state index < -0.39 is 0 Å². The van der Waals surface area contributed by atoms with Crippen molar-refractivity contribution in [2.75, 3.05) is 11.4 Å². The first-order valence-electron chi connectivity index (χ1n) is 7.93. The lowest BCUT2D eigenvalue weighted by Gasteiger charge is -2.27. The molecule has 0 bridgehead atoms. The van der Waals surface area contributed by atoms with Crippen molar-refractivity contribution >= 4 is 11.6 Å². The van der Waals surface area contributed by atoms with Crippen LogP contribution in [-0.2, 0) is 13.2 Å². The van der Waals surface area contributed by atoms with E-state index in [9.17, 15) is 4.79 Å². The summed E-state index contributed by atoms with van der Waals surface area (Å²) in [7, 11) is 0. The van der Waals surface area contributed by atoms with Gasteiger partial charge in [-0.1, -0.05) is 36.4 Å². The molecule has 1 amide bonds. The summed E-state index contributed by atoms with van der Waals surface area (Å²) in [5.74, 6) is 0.770. The minimum Gasteiger partial charge on any atom is -0.487 e. The van der Waals surface area contributed by atoms with E-state index in [0.29, 0.717) is 25.4 Å². The molecule has 1 aliphatic heterocycles. The Morgan fingerprint density at radius 2 is 1.67 bits per heavy atom. The summed E-state index contributed by atoms with van der Waals surface area (Å²) in [6.45, 7) is 1.65. The Labute approximate surface area is 140 Å². The zero-order valence-corrected chi connectivity index (χ0v) is 13.1. The second-order valence-electron chi connectivity index (χ2n) is 5.64. The van der Waals surface area contributed by atoms with Gasteiger partial charge in [-0.25, -0.2) is 0 Å². The molecule has 0 saturated heterocycles. The molecule has 4 rings (SSSR count). The fourth-order valence-corrected chi connectivity index (χ4v) is 2.85. The quantitative estimate of drug-likeness (QED) is 0.742. The second-order valence-corrected chi connectivity index (χ2v) is 5.64. The maximum atomic E-state index is 12.7. The van der Waals surface area contributed by atoms with Gasteiger partial charge in [-0.15, -0.1) is 0 Å². The maximum Gasteiger partial charge on any atom is 0.276 e. The molecule has 5 heteroatoms. The number of ether oxygens (including phenoxy) is 1. The second kappa shape index (κ2) is 6.20. The molecule has 0 aliphatic carbocycles. The van der Waals surface area contributed by atoms with Crippen molar-refractivity contribution in [1.29, 1.82) is 0 Å². The number of fused-ring (bicyclic) bond motifs is 1. The Balaban J connectivity index is 1.52. The van der Waals surface area contributed by atoms with Crippen molar-refractivity contribution in [3.63, 3.8) is 0 Å². The van der Waals surface area contributed by atoms with E-state index in [1.54, 1.807) is 9.58 Å². The highest BCUT2D eigenvalue weighted by Crippen LogP contribution is 2.21. The molecule has 3 aromatic rings. The van der Waals surface area contributed by atoms with E-state index in [4.69, 9.17) is 4.74 Å². The van der Waals surface area contributed by atoms with E-state index in [-0.39, 0.29) is 5.91 Å². The van der Waals surface area contributed by atoms with Crippen LogP contribution in [0.25, 0.3) is 0 Å². The van der Waals surface area contributed by atoms with Crippen LogP contribution in [0.15, 0.2) is 66.7 Å². The number of carbonyl (C=O) groups is 1. The van der Waals surface area contributed by atoms with Crippen LogP contribution in [-0.4, -0.2) is 22.2 Å². The molecular formula is C19H17N3O2. The number of amides is 1. The van der Waals surface area contributed by atoms with E-state index in [0.717, 1.165) is 17.1 Å². The summed E-state index contributed by atoms with van der Waals surface area (Å²) in [5, 5.41) is 4.49. The molecule has 0 N–H and O–H groups in total. The van der Waals surface area contributed by atoms with Gasteiger partial charge in [0, 0.05) is 12.2 Å². The smallest absolute Gasteiger partial charge is 0.276 e. The largest absolute Gasteiger partial charge is 0.487 e. The van der Waals surface area contributed by atoms with Gasteiger partial charge in [0.15, 0.2) is 0 Å². The summed E-state index contributed by atoms with van der Waals surface area (Å²) in [5.41, 5.74) is 2.28. The molecule has 1 aliphatic rings. The Morgan fingerprint density at radius 3 is 2.42 bits per heavy atom. The molecule has 24 heavy (non-hydrogen) atoms. The Hall–Kier alpha value is -3.08. The number of nitrogens with zero attached hydrogens (tertiary/aromatic N) is 3. The van der Waals surface area contributed by atoms with Crippen LogP contribution in [0.5, 0.6) is 5.75 Å². The zero-order valence-electron chi connectivity index (χ0n) is 13.1. The van der Waals surface area contributed by atoms with E-state index >= 15 is 0 Å². The van der Waals surface area contributed by atoms with Crippen molar-refractivity contribution < 1.29 is 9.53 Å². The summed E-state index contributed by atoms with van der Waals surface area (Å²) < 4.78 is 7.49. The van der Waals surface area contributed by atoms with Gasteiger partial charge in [-0.3, -0.25) is 9.48 Å². The van der Waals surface area contributed by atoms with Crippen LogP contribution < -0.4 is 9.64 Å². The Morgan fingerprint density at radius 1 is 0.958 bits per heavy atom. The fraction of sp³-hybridized carbons (Fsp3) is 0.158. The Kier molecular flexibility index (Phi) is 3.75. The first-order valence-corrected chi connectivity index (χ1v) is 7.93. The third-order valence-corrected chi connectivity index (χ3v) is 4.03. The minimum absolute atomic E-state index is 0.0223. The maximum absolute atomic E-state index is 12.7. The average molecular weight is 319 g/mol. The number of aromatic nitrogens is 2. The van der Waals surface area contributed by atoms with Gasteiger partial charge in [0.1, 0.15) is 23.7 Å². The molecule has 1 aromatic heterocycles. The van der Waals surface area contributed by atoms with Gasteiger partial charge >= 0.3 is 0 Å². The lowest BCUT2D eigenvalue weighted by molar-refractivity contribution is 0.0962. The summed E-state index contributed by atoms with van der Waals surface area (Å²) in [4.78, 5) is 14.5. The normalized spacial score (nSPS) is 13.7. The van der Waals surface area contributed by atoms with E-state index in [1.807, 2.05) is 66.7 Å². The van der Waals surface area contributed by atoms with Crippen LogP contribution in [0.2, 0.25) is 0 Å². The lowest BCUT2D eigenvalue weighted by Crippen LogP contribution is -2.40. The number of benzene rings is 2. The number of anilines is 1. The molecule has 2 aromatic carbocycles. The first kappa shape index (κ1) is 14.5. The van der Waals surface area contributed by atoms with Crippen molar-refractivity contribution in [3.8, 4) is 5.75 Å². The van der Waals surface area contributed by atoms with Crippen LogP contribution in [0.3, 0.4) is 0 Å². The summed E-state index contributed by atoms with van der Waals surface area (Å²) in [6, 6.07) is 21.1. The van der Waals surface area contributed by atoms with Gasteiger partial charge in [0.05, 0.1) is 6.54 Å². The molecule has 2 heterocycles. The topological polar surface area (TPSA) is 47.4 Å². The van der Waals surface area contributed by atoms with Crippen LogP contribution in [0.1, 0.15) is 16.2 Å². The van der Waals surface area contributed by atoms with Gasteiger partial charge in [0.25, 0.3) is 5.91 Å². The van der Waals surface area contributed by atoms with Crippen molar-refractivity contribution in [1.82, 2.24) is 9.78 Å². The first-order chi connectivity index (χ1) is 11.8. The van der Waals surface area contributed by atoms with Gasteiger partial charge in [0.2, 0.25) is 0 Å². The molecule has 0 spiro atoms. The summed E-state index contributed by atoms with van der Waals surface area (Å²) in [6.07, 6.45) is 0.